The van der Waals surface area contributed by atoms with Crippen LogP contribution < -0.4 is 15.0 Å². The van der Waals surface area contributed by atoms with Gasteiger partial charge in [0.25, 0.3) is 5.91 Å². The van der Waals surface area contributed by atoms with E-state index in [1.165, 1.54) is 4.90 Å². The maximum absolute atomic E-state index is 14.5. The monoisotopic (exact) mass is 645 g/mol. The van der Waals surface area contributed by atoms with E-state index >= 15 is 0 Å². The molecule has 3 fully saturated rings. The Morgan fingerprint density at radius 2 is 1.89 bits per heavy atom. The van der Waals surface area contributed by atoms with Crippen molar-refractivity contribution in [2.45, 2.75) is 56.0 Å². The summed E-state index contributed by atoms with van der Waals surface area (Å²) in [4.78, 5) is 58.3. The largest absolute Gasteiger partial charge is 0.497 e. The van der Waals surface area contributed by atoms with Crippen LogP contribution >= 0.6 is 0 Å². The number of rotatable bonds is 16. The van der Waals surface area contributed by atoms with E-state index in [0.717, 1.165) is 0 Å². The first-order valence-corrected chi connectivity index (χ1v) is 16.1. The number of carbonyl (C=O) groups is 4. The minimum atomic E-state index is -1.25. The summed E-state index contributed by atoms with van der Waals surface area (Å²) in [5.41, 5.74) is 0.0402. The predicted molar refractivity (Wildman–Crippen MR) is 174 cm³/mol. The number of methoxy groups -OCH3 is 1. The average molecular weight is 646 g/mol. The van der Waals surface area contributed by atoms with Gasteiger partial charge in [-0.1, -0.05) is 42.5 Å². The highest BCUT2D eigenvalue weighted by Gasteiger charge is 2.75. The number of benzene rings is 2. The SMILES string of the molecule is C=CCCC(=O)NC[C@@H](OC(=O)[C@@H]1[C@@H]2CC[C@]3(O2)[C@H](C(=O)N(CC=C)c2ccc(OC)cc2)N(CCCO)C(=O)[C@@H]13)c1ccccc1. The van der Waals surface area contributed by atoms with Crippen molar-refractivity contribution in [1.82, 2.24) is 10.2 Å². The van der Waals surface area contributed by atoms with Gasteiger partial charge in [-0.2, -0.15) is 0 Å². The number of aliphatic hydroxyl groups is 1. The second-order valence-corrected chi connectivity index (χ2v) is 12.1. The molecule has 2 N–H and O–H groups in total. The highest BCUT2D eigenvalue weighted by atomic mass is 16.6. The number of ether oxygens (including phenoxy) is 3. The highest BCUT2D eigenvalue weighted by molar-refractivity contribution is 6.04. The number of amides is 3. The van der Waals surface area contributed by atoms with Crippen LogP contribution in [0.25, 0.3) is 0 Å². The number of anilines is 1. The topological polar surface area (TPSA) is 135 Å². The third kappa shape index (κ3) is 6.68. The Morgan fingerprint density at radius 3 is 2.55 bits per heavy atom. The second-order valence-electron chi connectivity index (χ2n) is 12.1. The van der Waals surface area contributed by atoms with Crippen LogP contribution in [-0.4, -0.2) is 84.8 Å². The van der Waals surface area contributed by atoms with Crippen molar-refractivity contribution < 1.29 is 38.5 Å². The first-order valence-electron chi connectivity index (χ1n) is 16.1. The fourth-order valence-electron chi connectivity index (χ4n) is 7.19. The highest BCUT2D eigenvalue weighted by Crippen LogP contribution is 2.59. The normalized spacial score (nSPS) is 24.7. The quantitative estimate of drug-likeness (QED) is 0.210. The summed E-state index contributed by atoms with van der Waals surface area (Å²) in [5.74, 6) is -2.80. The molecule has 0 aromatic heterocycles. The van der Waals surface area contributed by atoms with Crippen LogP contribution in [0.5, 0.6) is 5.75 Å². The van der Waals surface area contributed by atoms with E-state index in [1.54, 1.807) is 48.4 Å². The summed E-state index contributed by atoms with van der Waals surface area (Å²) < 4.78 is 17.9. The average Bonchev–Trinajstić information content (AvgIpc) is 3.74. The third-order valence-electron chi connectivity index (χ3n) is 9.32. The molecule has 3 aliphatic rings. The molecule has 0 aliphatic carbocycles. The van der Waals surface area contributed by atoms with Crippen molar-refractivity contribution >= 4 is 29.4 Å². The minimum Gasteiger partial charge on any atom is -0.497 e. The molecule has 2 bridgehead atoms. The van der Waals surface area contributed by atoms with Gasteiger partial charge in [0.15, 0.2) is 0 Å². The molecule has 5 rings (SSSR count). The molecular formula is C36H43N3O8. The van der Waals surface area contributed by atoms with E-state index in [2.05, 4.69) is 18.5 Å². The molecule has 11 heteroatoms. The Bertz CT molecular complexity index is 1460. The van der Waals surface area contributed by atoms with Gasteiger partial charge in [-0.15, -0.1) is 13.2 Å². The maximum atomic E-state index is 14.5. The predicted octanol–water partition coefficient (Wildman–Crippen LogP) is 3.34. The van der Waals surface area contributed by atoms with E-state index in [4.69, 9.17) is 14.2 Å². The van der Waals surface area contributed by atoms with Gasteiger partial charge in [0.1, 0.15) is 23.5 Å². The van der Waals surface area contributed by atoms with Crippen molar-refractivity contribution in [2.75, 3.05) is 38.3 Å². The van der Waals surface area contributed by atoms with Crippen LogP contribution in [0.15, 0.2) is 79.9 Å². The number of hydrogen-bond acceptors (Lipinski definition) is 8. The second kappa shape index (κ2) is 15.0. The molecular weight excluding hydrogens is 602 g/mol. The van der Waals surface area contributed by atoms with Crippen molar-refractivity contribution in [3.63, 3.8) is 0 Å². The number of aliphatic hydroxyl groups excluding tert-OH is 1. The zero-order valence-corrected chi connectivity index (χ0v) is 26.7. The van der Waals surface area contributed by atoms with Gasteiger partial charge in [-0.05, 0) is 55.5 Å². The number of nitrogens with one attached hydrogen (secondary N) is 1. The van der Waals surface area contributed by atoms with Gasteiger partial charge >= 0.3 is 5.97 Å². The Hall–Kier alpha value is -4.48. The van der Waals surface area contributed by atoms with Crippen LogP contribution in [0, 0.1) is 11.8 Å². The molecule has 2 aromatic carbocycles. The van der Waals surface area contributed by atoms with E-state index in [0.29, 0.717) is 36.3 Å². The Balaban J connectivity index is 1.44. The van der Waals surface area contributed by atoms with Crippen molar-refractivity contribution in [2.24, 2.45) is 11.8 Å². The fraction of sp³-hybridized carbons (Fsp3) is 0.444. The molecule has 2 aromatic rings. The number of esters is 1. The van der Waals surface area contributed by atoms with Gasteiger partial charge in [0.05, 0.1) is 31.6 Å². The Morgan fingerprint density at radius 1 is 1.15 bits per heavy atom. The van der Waals surface area contributed by atoms with Gasteiger partial charge in [-0.25, -0.2) is 0 Å². The smallest absolute Gasteiger partial charge is 0.313 e. The van der Waals surface area contributed by atoms with Crippen LogP contribution in [-0.2, 0) is 28.7 Å². The van der Waals surface area contributed by atoms with Gasteiger partial charge in [0, 0.05) is 31.8 Å². The summed E-state index contributed by atoms with van der Waals surface area (Å²) in [6, 6.07) is 15.1. The number of likely N-dealkylation sites (tertiary alicyclic amines) is 1. The van der Waals surface area contributed by atoms with E-state index < -0.39 is 41.7 Å². The number of fused-ring (bicyclic) bond motifs is 1. The van der Waals surface area contributed by atoms with Crippen molar-refractivity contribution in [1.29, 1.82) is 0 Å². The maximum Gasteiger partial charge on any atom is 0.313 e. The molecule has 0 unspecified atom stereocenters. The molecule has 1 spiro atoms. The van der Waals surface area contributed by atoms with Gasteiger partial charge < -0.3 is 34.4 Å². The molecule has 3 heterocycles. The number of carbonyl (C=O) groups excluding carboxylic acids is 4. The molecule has 3 aliphatic heterocycles. The van der Waals surface area contributed by atoms with Crippen LogP contribution in [0.2, 0.25) is 0 Å². The Kier molecular flexibility index (Phi) is 10.8. The van der Waals surface area contributed by atoms with Crippen molar-refractivity contribution in [3.05, 3.63) is 85.5 Å². The van der Waals surface area contributed by atoms with Crippen LogP contribution in [0.3, 0.4) is 0 Å². The summed E-state index contributed by atoms with van der Waals surface area (Å²) in [7, 11) is 1.56. The summed E-state index contributed by atoms with van der Waals surface area (Å²) >= 11 is 0. The summed E-state index contributed by atoms with van der Waals surface area (Å²) in [5, 5.41) is 12.5. The lowest BCUT2D eigenvalue weighted by Gasteiger charge is -2.36. The number of hydrogen-bond donors (Lipinski definition) is 2. The number of nitrogens with zero attached hydrogens (tertiary/aromatic N) is 2. The zero-order chi connectivity index (χ0) is 33.6. The summed E-state index contributed by atoms with van der Waals surface area (Å²) in [6.07, 6.45) is 3.77. The summed E-state index contributed by atoms with van der Waals surface area (Å²) in [6.45, 7) is 7.66. The lowest BCUT2D eigenvalue weighted by molar-refractivity contribution is -0.160. The van der Waals surface area contributed by atoms with E-state index in [-0.39, 0.29) is 56.8 Å². The molecule has 0 radical (unpaired) electrons. The molecule has 250 valence electrons. The first-order chi connectivity index (χ1) is 22.8. The van der Waals surface area contributed by atoms with Crippen LogP contribution in [0.4, 0.5) is 5.69 Å². The number of allylic oxidation sites excluding steroid dienone is 1. The molecule has 0 saturated carbocycles. The molecule has 3 saturated heterocycles. The van der Waals surface area contributed by atoms with E-state index in [9.17, 15) is 24.3 Å². The zero-order valence-electron chi connectivity index (χ0n) is 26.7. The molecule has 3 amide bonds. The minimum absolute atomic E-state index is 0.0514. The van der Waals surface area contributed by atoms with Crippen molar-refractivity contribution in [3.8, 4) is 5.75 Å². The van der Waals surface area contributed by atoms with Gasteiger partial charge in [-0.3, -0.25) is 19.2 Å². The lowest BCUT2D eigenvalue weighted by Crippen LogP contribution is -2.56. The third-order valence-corrected chi connectivity index (χ3v) is 9.32. The lowest BCUT2D eigenvalue weighted by atomic mass is 9.70. The molecule has 6 atom stereocenters. The molecule has 11 nitrogen and oxygen atoms in total. The fourth-order valence-corrected chi connectivity index (χ4v) is 7.19. The molecule has 47 heavy (non-hydrogen) atoms. The standard InChI is InChI=1S/C36H43N3O8/c1-4-6-13-29(41)37-23-28(24-11-8-7-9-12-24)46-35(44)30-27-18-19-36(47-27)31(30)33(42)39(21-10-22-40)32(36)34(43)38(20-5-2)25-14-16-26(45-3)17-15-25/h4-5,7-9,11-12,14-17,27-28,30-32,40H,1-2,6,10,13,18-23H2,3H3,(H,37,41)/t27-,28+,30+,31+,32-,36+/m0/s1. The van der Waals surface area contributed by atoms with Gasteiger partial charge in [0.2, 0.25) is 11.8 Å². The Labute approximate surface area is 275 Å². The van der Waals surface area contributed by atoms with E-state index in [1.807, 2.05) is 30.3 Å². The van der Waals surface area contributed by atoms with Crippen LogP contribution in [0.1, 0.15) is 43.8 Å². The first kappa shape index (κ1) is 33.9.